The lowest BCUT2D eigenvalue weighted by Gasteiger charge is -2.28. The van der Waals surface area contributed by atoms with E-state index in [1.807, 2.05) is 7.05 Å². The van der Waals surface area contributed by atoms with Crippen molar-refractivity contribution in [2.45, 2.75) is 58.5 Å². The Morgan fingerprint density at radius 1 is 1.24 bits per heavy atom. The maximum absolute atomic E-state index is 5.78. The molecule has 4 nitrogen and oxygen atoms in total. The van der Waals surface area contributed by atoms with Gasteiger partial charge >= 0.3 is 0 Å². The van der Waals surface area contributed by atoms with Gasteiger partial charge in [-0.15, -0.1) is 0 Å². The molecule has 0 bridgehead atoms. The number of nitrogens with one attached hydrogen (secondary N) is 1. The van der Waals surface area contributed by atoms with Crippen molar-refractivity contribution >= 4 is 5.82 Å². The smallest absolute Gasteiger partial charge is 0.159 e. The van der Waals surface area contributed by atoms with Crippen LogP contribution in [0.2, 0.25) is 0 Å². The number of aromatic nitrogens is 2. The minimum absolute atomic E-state index is 0.0320. The molecular formula is C17H29N3O. The van der Waals surface area contributed by atoms with Crippen molar-refractivity contribution in [3.8, 4) is 0 Å². The van der Waals surface area contributed by atoms with E-state index in [0.29, 0.717) is 11.8 Å². The third kappa shape index (κ3) is 4.40. The van der Waals surface area contributed by atoms with E-state index in [1.165, 1.54) is 32.1 Å². The summed E-state index contributed by atoms with van der Waals surface area (Å²) in [5.74, 6) is 2.90. The maximum atomic E-state index is 5.78. The molecule has 21 heavy (non-hydrogen) atoms. The minimum Gasteiger partial charge on any atom is -0.373 e. The fourth-order valence-electron chi connectivity index (χ4n) is 3.24. The molecule has 1 aromatic rings. The molecule has 0 amide bonds. The Morgan fingerprint density at radius 2 is 1.95 bits per heavy atom. The van der Waals surface area contributed by atoms with Gasteiger partial charge in [0.1, 0.15) is 11.9 Å². The van der Waals surface area contributed by atoms with Crippen LogP contribution in [0.4, 0.5) is 5.82 Å². The molecule has 0 aliphatic heterocycles. The number of rotatable bonds is 6. The summed E-state index contributed by atoms with van der Waals surface area (Å²) in [6, 6.07) is 2.05. The molecule has 0 saturated heterocycles. The van der Waals surface area contributed by atoms with E-state index in [9.17, 15) is 0 Å². The molecule has 0 spiro atoms. The standard InChI is InChI=1S/C17H29N3O/c1-12(2)10-14-11-15(18-3)20-17(19-14)16(21-4)13-8-6-5-7-9-13/h11-13,16H,5-10H2,1-4H3,(H,18,19,20). The van der Waals surface area contributed by atoms with Gasteiger partial charge in [-0.3, -0.25) is 0 Å². The average Bonchev–Trinajstić information content (AvgIpc) is 2.48. The first-order valence-electron chi connectivity index (χ1n) is 8.22. The van der Waals surface area contributed by atoms with Gasteiger partial charge in [-0.1, -0.05) is 33.1 Å². The normalized spacial score (nSPS) is 18.0. The number of methoxy groups -OCH3 is 1. The highest BCUT2D eigenvalue weighted by Gasteiger charge is 2.27. The third-order valence-corrected chi connectivity index (χ3v) is 4.26. The molecule has 1 aliphatic carbocycles. The molecule has 0 aromatic carbocycles. The van der Waals surface area contributed by atoms with Gasteiger partial charge in [0.05, 0.1) is 0 Å². The predicted molar refractivity (Wildman–Crippen MR) is 86.4 cm³/mol. The number of hydrogen-bond acceptors (Lipinski definition) is 4. The molecule has 1 aliphatic rings. The van der Waals surface area contributed by atoms with Gasteiger partial charge in [0, 0.05) is 25.9 Å². The quantitative estimate of drug-likeness (QED) is 0.861. The summed E-state index contributed by atoms with van der Waals surface area (Å²) in [6.07, 6.45) is 7.42. The molecule has 1 saturated carbocycles. The molecule has 1 unspecified atom stereocenters. The Bertz CT molecular complexity index is 442. The van der Waals surface area contributed by atoms with Crippen molar-refractivity contribution in [3.63, 3.8) is 0 Å². The Balaban J connectivity index is 2.25. The highest BCUT2D eigenvalue weighted by molar-refractivity contribution is 5.35. The summed E-state index contributed by atoms with van der Waals surface area (Å²) in [4.78, 5) is 9.45. The molecule has 118 valence electrons. The first kappa shape index (κ1) is 16.2. The van der Waals surface area contributed by atoms with Crippen LogP contribution in [0.3, 0.4) is 0 Å². The Morgan fingerprint density at radius 3 is 2.52 bits per heavy atom. The first-order valence-corrected chi connectivity index (χ1v) is 8.22. The van der Waals surface area contributed by atoms with Crippen LogP contribution >= 0.6 is 0 Å². The van der Waals surface area contributed by atoms with E-state index in [2.05, 4.69) is 30.2 Å². The predicted octanol–water partition coefficient (Wildman–Crippen LogP) is 3.98. The van der Waals surface area contributed by atoms with Crippen LogP contribution in [0.1, 0.15) is 63.6 Å². The van der Waals surface area contributed by atoms with E-state index in [0.717, 1.165) is 23.8 Å². The van der Waals surface area contributed by atoms with E-state index < -0.39 is 0 Å². The van der Waals surface area contributed by atoms with Gasteiger partial charge in [-0.25, -0.2) is 9.97 Å². The second kappa shape index (κ2) is 7.74. The van der Waals surface area contributed by atoms with Crippen molar-refractivity contribution < 1.29 is 4.74 Å². The average molecular weight is 291 g/mol. The second-order valence-corrected chi connectivity index (χ2v) is 6.51. The number of ether oxygens (including phenoxy) is 1. The summed E-state index contributed by atoms with van der Waals surface area (Å²) < 4.78 is 5.78. The molecule has 1 aromatic heterocycles. The lowest BCUT2D eigenvalue weighted by Crippen LogP contribution is -2.21. The van der Waals surface area contributed by atoms with Crippen molar-refractivity contribution in [1.29, 1.82) is 0 Å². The number of nitrogens with zero attached hydrogens (tertiary/aromatic N) is 2. The van der Waals surface area contributed by atoms with Crippen molar-refractivity contribution in [2.75, 3.05) is 19.5 Å². The minimum atomic E-state index is 0.0320. The van der Waals surface area contributed by atoms with Gasteiger partial charge in [-0.05, 0) is 31.1 Å². The molecule has 4 heteroatoms. The number of hydrogen-bond donors (Lipinski definition) is 1. The lowest BCUT2D eigenvalue weighted by atomic mass is 9.85. The summed E-state index contributed by atoms with van der Waals surface area (Å²) in [5, 5.41) is 3.16. The van der Waals surface area contributed by atoms with Crippen molar-refractivity contribution in [2.24, 2.45) is 11.8 Å². The van der Waals surface area contributed by atoms with E-state index >= 15 is 0 Å². The van der Waals surface area contributed by atoms with Crippen LogP contribution in [-0.4, -0.2) is 24.1 Å². The molecule has 1 fully saturated rings. The molecule has 2 rings (SSSR count). The van der Waals surface area contributed by atoms with Gasteiger partial charge in [-0.2, -0.15) is 0 Å². The molecule has 1 heterocycles. The van der Waals surface area contributed by atoms with Crippen LogP contribution in [0.25, 0.3) is 0 Å². The summed E-state index contributed by atoms with van der Waals surface area (Å²) >= 11 is 0. The molecule has 0 radical (unpaired) electrons. The zero-order valence-corrected chi connectivity index (χ0v) is 13.9. The Labute approximate surface area is 128 Å². The largest absolute Gasteiger partial charge is 0.373 e. The van der Waals surface area contributed by atoms with Crippen LogP contribution in [0, 0.1) is 11.8 Å². The van der Waals surface area contributed by atoms with E-state index in [-0.39, 0.29) is 6.10 Å². The number of anilines is 1. The highest BCUT2D eigenvalue weighted by atomic mass is 16.5. The zero-order chi connectivity index (χ0) is 15.2. The summed E-state index contributed by atoms with van der Waals surface area (Å²) in [7, 11) is 3.70. The first-order chi connectivity index (χ1) is 10.1. The van der Waals surface area contributed by atoms with Crippen LogP contribution in [0.5, 0.6) is 0 Å². The van der Waals surface area contributed by atoms with Gasteiger partial charge in [0.25, 0.3) is 0 Å². The zero-order valence-electron chi connectivity index (χ0n) is 13.9. The highest BCUT2D eigenvalue weighted by Crippen LogP contribution is 2.35. The fourth-order valence-corrected chi connectivity index (χ4v) is 3.24. The summed E-state index contributed by atoms with van der Waals surface area (Å²) in [6.45, 7) is 4.44. The van der Waals surface area contributed by atoms with E-state index in [1.54, 1.807) is 7.11 Å². The van der Waals surface area contributed by atoms with Crippen LogP contribution in [-0.2, 0) is 11.2 Å². The Kier molecular flexibility index (Phi) is 5.97. The SMILES string of the molecule is CNc1cc(CC(C)C)nc(C(OC)C2CCCCC2)n1. The van der Waals surface area contributed by atoms with E-state index in [4.69, 9.17) is 9.72 Å². The maximum Gasteiger partial charge on any atom is 0.159 e. The van der Waals surface area contributed by atoms with Gasteiger partial charge < -0.3 is 10.1 Å². The topological polar surface area (TPSA) is 47.0 Å². The van der Waals surface area contributed by atoms with Crippen LogP contribution < -0.4 is 5.32 Å². The molecule has 1 N–H and O–H groups in total. The fraction of sp³-hybridized carbons (Fsp3) is 0.765. The lowest BCUT2D eigenvalue weighted by molar-refractivity contribution is 0.0288. The second-order valence-electron chi connectivity index (χ2n) is 6.51. The van der Waals surface area contributed by atoms with Gasteiger partial charge in [0.2, 0.25) is 0 Å². The van der Waals surface area contributed by atoms with Gasteiger partial charge in [0.15, 0.2) is 5.82 Å². The molecule has 1 atom stereocenters. The monoisotopic (exact) mass is 291 g/mol. The Hall–Kier alpha value is -1.16. The van der Waals surface area contributed by atoms with Crippen molar-refractivity contribution in [3.05, 3.63) is 17.6 Å². The van der Waals surface area contributed by atoms with Crippen molar-refractivity contribution in [1.82, 2.24) is 9.97 Å². The van der Waals surface area contributed by atoms with Crippen LogP contribution in [0.15, 0.2) is 6.07 Å². The third-order valence-electron chi connectivity index (χ3n) is 4.26. The summed E-state index contributed by atoms with van der Waals surface area (Å²) in [5.41, 5.74) is 1.11. The molecular weight excluding hydrogens is 262 g/mol.